The summed E-state index contributed by atoms with van der Waals surface area (Å²) in [5, 5.41) is 19.9. The lowest BCUT2D eigenvalue weighted by molar-refractivity contribution is -0.0409. The second-order valence-corrected chi connectivity index (χ2v) is 11.1. The van der Waals surface area contributed by atoms with Crippen LogP contribution in [-0.2, 0) is 0 Å². The summed E-state index contributed by atoms with van der Waals surface area (Å²) in [6.07, 6.45) is 15.1. The Bertz CT molecular complexity index is 1080. The molecule has 3 fully saturated rings. The van der Waals surface area contributed by atoms with E-state index < -0.39 is 0 Å². The molecule has 4 heteroatoms. The minimum atomic E-state index is 0.221. The van der Waals surface area contributed by atoms with Crippen molar-refractivity contribution in [3.8, 4) is 34.8 Å². The summed E-state index contributed by atoms with van der Waals surface area (Å²) in [7, 11) is 0. The highest BCUT2D eigenvalue weighted by atomic mass is 16.5. The molecule has 2 bridgehead atoms. The van der Waals surface area contributed by atoms with Gasteiger partial charge in [0.05, 0.1) is 18.8 Å². The van der Waals surface area contributed by atoms with E-state index >= 15 is 0 Å². The summed E-state index contributed by atoms with van der Waals surface area (Å²) < 4.78 is 12.1. The Morgan fingerprint density at radius 2 is 1.36 bits per heavy atom. The molecule has 0 saturated heterocycles. The Balaban J connectivity index is 1.44. The lowest BCUT2D eigenvalue weighted by atomic mass is 9.53. The molecule has 3 saturated carbocycles. The molecule has 2 aromatic carbocycles. The maximum Gasteiger partial charge on any atom is 0.138 e. The Labute approximate surface area is 217 Å². The highest BCUT2D eigenvalue weighted by Gasteiger charge is 2.48. The molecule has 5 rings (SSSR count). The molecule has 0 heterocycles. The molecule has 36 heavy (non-hydrogen) atoms. The van der Waals surface area contributed by atoms with E-state index in [9.17, 15) is 10.5 Å². The van der Waals surface area contributed by atoms with Gasteiger partial charge in [0.25, 0.3) is 0 Å². The fourth-order valence-corrected chi connectivity index (χ4v) is 6.15. The van der Waals surface area contributed by atoms with Crippen LogP contribution >= 0.6 is 0 Å². The van der Waals surface area contributed by atoms with Crippen LogP contribution in [0.2, 0.25) is 0 Å². The lowest BCUT2D eigenvalue weighted by Crippen LogP contribution is -2.44. The van der Waals surface area contributed by atoms with Crippen LogP contribution in [0.5, 0.6) is 11.5 Å². The maximum absolute atomic E-state index is 9.97. The summed E-state index contributed by atoms with van der Waals surface area (Å²) in [5.41, 5.74) is 3.17. The maximum atomic E-state index is 9.97. The molecule has 0 spiro atoms. The van der Waals surface area contributed by atoms with Crippen LogP contribution < -0.4 is 9.47 Å². The van der Waals surface area contributed by atoms with Crippen molar-refractivity contribution in [3.05, 3.63) is 47.5 Å². The number of ether oxygens (including phenoxy) is 2. The second kappa shape index (κ2) is 11.8. The third kappa shape index (κ3) is 5.70. The molecule has 0 radical (unpaired) electrons. The van der Waals surface area contributed by atoms with Crippen LogP contribution in [0.4, 0.5) is 0 Å². The largest absolute Gasteiger partial charge is 0.494 e. The Hall–Kier alpha value is -2.98. The first kappa shape index (κ1) is 26.1. The fourth-order valence-electron chi connectivity index (χ4n) is 6.15. The van der Waals surface area contributed by atoms with Gasteiger partial charge in [0.2, 0.25) is 0 Å². The van der Waals surface area contributed by atoms with E-state index in [1.54, 1.807) is 0 Å². The molecule has 0 atom stereocenters. The van der Waals surface area contributed by atoms with E-state index in [1.165, 1.54) is 64.2 Å². The van der Waals surface area contributed by atoms with E-state index in [1.807, 2.05) is 36.4 Å². The van der Waals surface area contributed by atoms with Crippen molar-refractivity contribution in [1.82, 2.24) is 0 Å². The minimum Gasteiger partial charge on any atom is -0.494 e. The Morgan fingerprint density at radius 3 is 1.97 bits per heavy atom. The summed E-state index contributed by atoms with van der Waals surface area (Å²) >= 11 is 0. The van der Waals surface area contributed by atoms with Gasteiger partial charge in [-0.05, 0) is 86.6 Å². The topological polar surface area (TPSA) is 66.0 Å². The number of rotatable bonds is 12. The molecular formula is C32H40N2O2. The second-order valence-electron chi connectivity index (χ2n) is 11.1. The summed E-state index contributed by atoms with van der Waals surface area (Å²) in [4.78, 5) is 0. The van der Waals surface area contributed by atoms with E-state index in [2.05, 4.69) is 26.0 Å². The monoisotopic (exact) mass is 484 g/mol. The van der Waals surface area contributed by atoms with Gasteiger partial charge >= 0.3 is 0 Å². The van der Waals surface area contributed by atoms with Gasteiger partial charge in [-0.3, -0.25) is 0 Å². The van der Waals surface area contributed by atoms with Crippen molar-refractivity contribution < 1.29 is 9.47 Å². The summed E-state index contributed by atoms with van der Waals surface area (Å²) in [6.45, 7) is 5.76. The standard InChI is InChI=1S/C32H40N2O2/c1-3-5-7-14-31-15-18-32(19-16-31,20-17-31)24-36-30-13-12-27(28(22-33)29(30)23-34)25-8-10-26(11-9-25)35-21-6-4-2/h8-13H,3-7,14-21,24H2,1-2H3. The average Bonchev–Trinajstić information content (AvgIpc) is 2.93. The van der Waals surface area contributed by atoms with Crippen LogP contribution in [-0.4, -0.2) is 13.2 Å². The molecule has 4 nitrogen and oxygen atoms in total. The van der Waals surface area contributed by atoms with E-state index in [4.69, 9.17) is 9.47 Å². The van der Waals surface area contributed by atoms with Gasteiger partial charge in [-0.1, -0.05) is 51.7 Å². The number of nitrogens with zero attached hydrogens (tertiary/aromatic N) is 2. The number of hydrogen-bond donors (Lipinski definition) is 0. The molecule has 0 unspecified atom stereocenters. The fraction of sp³-hybridized carbons (Fsp3) is 0.562. The van der Waals surface area contributed by atoms with Gasteiger partial charge in [0, 0.05) is 11.0 Å². The first-order chi connectivity index (χ1) is 17.6. The van der Waals surface area contributed by atoms with Crippen LogP contribution in [0, 0.1) is 33.5 Å². The van der Waals surface area contributed by atoms with E-state index in [0.29, 0.717) is 35.5 Å². The normalized spacial score (nSPS) is 22.6. The third-order valence-electron chi connectivity index (χ3n) is 8.72. The zero-order valence-electron chi connectivity index (χ0n) is 22.1. The lowest BCUT2D eigenvalue weighted by Gasteiger charge is -2.53. The van der Waals surface area contributed by atoms with Gasteiger partial charge < -0.3 is 9.47 Å². The van der Waals surface area contributed by atoms with Crippen LogP contribution in [0.1, 0.15) is 102 Å². The van der Waals surface area contributed by atoms with E-state index in [0.717, 1.165) is 29.7 Å². The molecule has 0 aliphatic heterocycles. The highest BCUT2D eigenvalue weighted by molar-refractivity contribution is 5.76. The molecule has 0 N–H and O–H groups in total. The van der Waals surface area contributed by atoms with Crippen molar-refractivity contribution in [2.45, 2.75) is 90.9 Å². The predicted molar refractivity (Wildman–Crippen MR) is 144 cm³/mol. The Morgan fingerprint density at radius 1 is 0.722 bits per heavy atom. The molecule has 2 aromatic rings. The molecule has 3 aliphatic rings. The highest BCUT2D eigenvalue weighted by Crippen LogP contribution is 2.59. The summed E-state index contributed by atoms with van der Waals surface area (Å²) in [6, 6.07) is 16.1. The van der Waals surface area contributed by atoms with Gasteiger partial charge in [-0.25, -0.2) is 0 Å². The SMILES string of the molecule is CCCCCC12CCC(COc3ccc(-c4ccc(OCCCC)cc4)c(C#N)c3C#N)(CC1)CC2. The van der Waals surface area contributed by atoms with Crippen LogP contribution in [0.25, 0.3) is 11.1 Å². The van der Waals surface area contributed by atoms with Gasteiger partial charge in [-0.15, -0.1) is 0 Å². The predicted octanol–water partition coefficient (Wildman–Crippen LogP) is 8.58. The van der Waals surface area contributed by atoms with Crippen molar-refractivity contribution in [2.75, 3.05) is 13.2 Å². The first-order valence-electron chi connectivity index (χ1n) is 13.9. The number of nitriles is 2. The van der Waals surface area contributed by atoms with Crippen molar-refractivity contribution >= 4 is 0 Å². The average molecular weight is 485 g/mol. The van der Waals surface area contributed by atoms with Crippen molar-refractivity contribution in [1.29, 1.82) is 10.5 Å². The third-order valence-corrected chi connectivity index (χ3v) is 8.72. The number of hydrogen-bond acceptors (Lipinski definition) is 4. The molecule has 190 valence electrons. The summed E-state index contributed by atoms with van der Waals surface area (Å²) in [5.74, 6) is 1.36. The van der Waals surface area contributed by atoms with Crippen molar-refractivity contribution in [3.63, 3.8) is 0 Å². The zero-order chi connectivity index (χ0) is 25.4. The first-order valence-corrected chi connectivity index (χ1v) is 13.9. The van der Waals surface area contributed by atoms with Gasteiger partial charge in [0.1, 0.15) is 29.2 Å². The zero-order valence-corrected chi connectivity index (χ0v) is 22.1. The molecule has 0 amide bonds. The van der Waals surface area contributed by atoms with E-state index in [-0.39, 0.29) is 5.41 Å². The smallest absolute Gasteiger partial charge is 0.138 e. The van der Waals surface area contributed by atoms with Crippen LogP contribution in [0.15, 0.2) is 36.4 Å². The number of fused-ring (bicyclic) bond motifs is 3. The number of unbranched alkanes of at least 4 members (excludes halogenated alkanes) is 3. The molecular weight excluding hydrogens is 444 g/mol. The van der Waals surface area contributed by atoms with Gasteiger partial charge in [0.15, 0.2) is 0 Å². The minimum absolute atomic E-state index is 0.221. The quantitative estimate of drug-likeness (QED) is 0.283. The van der Waals surface area contributed by atoms with Crippen molar-refractivity contribution in [2.24, 2.45) is 10.8 Å². The molecule has 3 aliphatic carbocycles. The van der Waals surface area contributed by atoms with Gasteiger partial charge in [-0.2, -0.15) is 10.5 Å². The Kier molecular flexibility index (Phi) is 8.58. The number of benzene rings is 2. The molecule has 0 aromatic heterocycles. The van der Waals surface area contributed by atoms with Crippen LogP contribution in [0.3, 0.4) is 0 Å².